The second-order valence-corrected chi connectivity index (χ2v) is 4.92. The van der Waals surface area contributed by atoms with Crippen LogP contribution in [-0.2, 0) is 16.1 Å². The van der Waals surface area contributed by atoms with Crippen LogP contribution in [0.1, 0.15) is 21.5 Å². The molecule has 23 heavy (non-hydrogen) atoms. The normalized spacial score (nSPS) is 10.1. The SMILES string of the molecule is C=C(C(=O)Nc1ccccc1C(=O)O)c1cccc(COC)c1. The van der Waals surface area contributed by atoms with Crippen LogP contribution in [-0.4, -0.2) is 24.1 Å². The van der Waals surface area contributed by atoms with Crippen LogP contribution in [0, 0.1) is 0 Å². The lowest BCUT2D eigenvalue weighted by Crippen LogP contribution is -2.15. The van der Waals surface area contributed by atoms with Gasteiger partial charge in [-0.2, -0.15) is 0 Å². The van der Waals surface area contributed by atoms with E-state index in [1.54, 1.807) is 25.3 Å². The van der Waals surface area contributed by atoms with Gasteiger partial charge < -0.3 is 15.2 Å². The van der Waals surface area contributed by atoms with Gasteiger partial charge in [0.1, 0.15) is 0 Å². The van der Waals surface area contributed by atoms with Gasteiger partial charge in [-0.1, -0.05) is 36.9 Å². The molecule has 0 atom stereocenters. The van der Waals surface area contributed by atoms with Crippen LogP contribution >= 0.6 is 0 Å². The van der Waals surface area contributed by atoms with Gasteiger partial charge in [0.2, 0.25) is 0 Å². The molecule has 0 aliphatic carbocycles. The number of carboxylic acid groups (broad SMARTS) is 1. The summed E-state index contributed by atoms with van der Waals surface area (Å²) >= 11 is 0. The summed E-state index contributed by atoms with van der Waals surface area (Å²) in [6.45, 7) is 4.23. The molecule has 0 fully saturated rings. The molecule has 0 aliphatic heterocycles. The minimum atomic E-state index is -1.10. The van der Waals surface area contributed by atoms with Gasteiger partial charge in [0.05, 0.1) is 17.9 Å². The molecule has 2 N–H and O–H groups in total. The zero-order chi connectivity index (χ0) is 16.8. The summed E-state index contributed by atoms with van der Waals surface area (Å²) in [7, 11) is 1.59. The molecule has 0 aromatic heterocycles. The van der Waals surface area contributed by atoms with Crippen LogP contribution in [0.25, 0.3) is 5.57 Å². The first kappa shape index (κ1) is 16.5. The van der Waals surface area contributed by atoms with Gasteiger partial charge in [0, 0.05) is 12.7 Å². The summed E-state index contributed by atoms with van der Waals surface area (Å²) in [6, 6.07) is 13.5. The number of para-hydroxylation sites is 1. The van der Waals surface area contributed by atoms with E-state index in [1.165, 1.54) is 12.1 Å². The number of ether oxygens (including phenoxy) is 1. The average Bonchev–Trinajstić information content (AvgIpc) is 2.55. The molecule has 2 aromatic rings. The van der Waals surface area contributed by atoms with Crippen LogP contribution in [0.3, 0.4) is 0 Å². The molecule has 5 heteroatoms. The highest BCUT2D eigenvalue weighted by Gasteiger charge is 2.14. The van der Waals surface area contributed by atoms with Crippen LogP contribution < -0.4 is 5.32 Å². The summed E-state index contributed by atoms with van der Waals surface area (Å²) in [5.41, 5.74) is 2.10. The Labute approximate surface area is 134 Å². The van der Waals surface area contributed by atoms with Gasteiger partial charge in [0.25, 0.3) is 5.91 Å². The highest BCUT2D eigenvalue weighted by atomic mass is 16.5. The molecule has 2 aromatic carbocycles. The molecule has 0 bridgehead atoms. The second-order valence-electron chi connectivity index (χ2n) is 4.92. The van der Waals surface area contributed by atoms with Gasteiger partial charge in [-0.05, 0) is 29.3 Å². The summed E-state index contributed by atoms with van der Waals surface area (Å²) in [6.07, 6.45) is 0. The van der Waals surface area contributed by atoms with Crippen molar-refractivity contribution in [2.24, 2.45) is 0 Å². The lowest BCUT2D eigenvalue weighted by Gasteiger charge is -2.11. The Bertz CT molecular complexity index is 752. The molecule has 0 radical (unpaired) electrons. The second kappa shape index (κ2) is 7.38. The number of methoxy groups -OCH3 is 1. The minimum Gasteiger partial charge on any atom is -0.478 e. The summed E-state index contributed by atoms with van der Waals surface area (Å²) in [5.74, 6) is -1.55. The molecule has 0 saturated carbocycles. The van der Waals surface area contributed by atoms with E-state index in [1.807, 2.05) is 18.2 Å². The van der Waals surface area contributed by atoms with Crippen LogP contribution in [0.2, 0.25) is 0 Å². The van der Waals surface area contributed by atoms with Gasteiger partial charge in [0.15, 0.2) is 0 Å². The Kier molecular flexibility index (Phi) is 5.28. The first-order valence-electron chi connectivity index (χ1n) is 6.93. The molecule has 0 heterocycles. The number of hydrogen-bond donors (Lipinski definition) is 2. The Morgan fingerprint density at radius 2 is 1.91 bits per heavy atom. The van der Waals surface area contributed by atoms with Crippen molar-refractivity contribution in [2.75, 3.05) is 12.4 Å². The van der Waals surface area contributed by atoms with Crippen LogP contribution in [0.15, 0.2) is 55.1 Å². The number of rotatable bonds is 6. The van der Waals surface area contributed by atoms with E-state index in [9.17, 15) is 9.59 Å². The standard InChI is InChI=1S/C18H17NO4/c1-12(14-7-5-6-13(10-14)11-23-2)17(20)19-16-9-4-3-8-15(16)18(21)22/h3-10H,1,11H2,2H3,(H,19,20)(H,21,22). The van der Waals surface area contributed by atoms with Crippen molar-refractivity contribution in [3.05, 3.63) is 71.8 Å². The average molecular weight is 311 g/mol. The largest absolute Gasteiger partial charge is 0.478 e. The third-order valence-corrected chi connectivity index (χ3v) is 3.27. The number of amides is 1. The number of nitrogens with one attached hydrogen (secondary N) is 1. The third kappa shape index (κ3) is 4.05. The Morgan fingerprint density at radius 1 is 1.17 bits per heavy atom. The maximum atomic E-state index is 12.3. The fourth-order valence-electron chi connectivity index (χ4n) is 2.12. The first-order valence-corrected chi connectivity index (χ1v) is 6.93. The number of carbonyl (C=O) groups excluding carboxylic acids is 1. The number of hydrogen-bond acceptors (Lipinski definition) is 3. The van der Waals surface area contributed by atoms with E-state index in [0.717, 1.165) is 5.56 Å². The Balaban J connectivity index is 2.19. The van der Waals surface area contributed by atoms with Crippen molar-refractivity contribution in [1.29, 1.82) is 0 Å². The van der Waals surface area contributed by atoms with Gasteiger partial charge >= 0.3 is 5.97 Å². The van der Waals surface area contributed by atoms with E-state index < -0.39 is 11.9 Å². The summed E-state index contributed by atoms with van der Waals surface area (Å²) < 4.78 is 5.07. The van der Waals surface area contributed by atoms with E-state index in [2.05, 4.69) is 11.9 Å². The molecule has 2 rings (SSSR count). The van der Waals surface area contributed by atoms with Gasteiger partial charge in [-0.3, -0.25) is 4.79 Å². The maximum absolute atomic E-state index is 12.3. The number of aromatic carboxylic acids is 1. The monoisotopic (exact) mass is 311 g/mol. The molecule has 1 amide bonds. The first-order chi connectivity index (χ1) is 11.0. The van der Waals surface area contributed by atoms with Crippen LogP contribution in [0.5, 0.6) is 0 Å². The zero-order valence-corrected chi connectivity index (χ0v) is 12.7. The third-order valence-electron chi connectivity index (χ3n) is 3.27. The fourth-order valence-corrected chi connectivity index (χ4v) is 2.12. The van der Waals surface area contributed by atoms with Crippen molar-refractivity contribution in [2.45, 2.75) is 6.61 Å². The number of carbonyl (C=O) groups is 2. The van der Waals surface area contributed by atoms with Crippen molar-refractivity contribution >= 4 is 23.1 Å². The Morgan fingerprint density at radius 3 is 2.61 bits per heavy atom. The number of benzene rings is 2. The van der Waals surface area contributed by atoms with E-state index in [0.29, 0.717) is 12.2 Å². The number of anilines is 1. The van der Waals surface area contributed by atoms with Crippen LogP contribution in [0.4, 0.5) is 5.69 Å². The molecule has 5 nitrogen and oxygen atoms in total. The maximum Gasteiger partial charge on any atom is 0.337 e. The smallest absolute Gasteiger partial charge is 0.337 e. The Hall–Kier alpha value is -2.92. The highest BCUT2D eigenvalue weighted by Crippen LogP contribution is 2.20. The molecular formula is C18H17NO4. The highest BCUT2D eigenvalue weighted by molar-refractivity contribution is 6.25. The van der Waals surface area contributed by atoms with Crippen molar-refractivity contribution in [1.82, 2.24) is 0 Å². The molecule has 118 valence electrons. The van der Waals surface area contributed by atoms with E-state index in [4.69, 9.17) is 9.84 Å². The summed E-state index contributed by atoms with van der Waals surface area (Å²) in [4.78, 5) is 23.5. The van der Waals surface area contributed by atoms with E-state index >= 15 is 0 Å². The van der Waals surface area contributed by atoms with Gasteiger partial charge in [-0.25, -0.2) is 4.79 Å². The lowest BCUT2D eigenvalue weighted by atomic mass is 10.0. The predicted octanol–water partition coefficient (Wildman–Crippen LogP) is 3.18. The molecule has 0 spiro atoms. The summed E-state index contributed by atoms with van der Waals surface area (Å²) in [5, 5.41) is 11.7. The number of carboxylic acids is 1. The predicted molar refractivity (Wildman–Crippen MR) is 88.2 cm³/mol. The fraction of sp³-hybridized carbons (Fsp3) is 0.111. The molecule has 0 aliphatic rings. The van der Waals surface area contributed by atoms with Crippen molar-refractivity contribution < 1.29 is 19.4 Å². The van der Waals surface area contributed by atoms with Crippen molar-refractivity contribution in [3.63, 3.8) is 0 Å². The lowest BCUT2D eigenvalue weighted by molar-refractivity contribution is -0.111. The quantitative estimate of drug-likeness (QED) is 0.803. The molecular weight excluding hydrogens is 294 g/mol. The topological polar surface area (TPSA) is 75.6 Å². The molecule has 0 unspecified atom stereocenters. The van der Waals surface area contributed by atoms with E-state index in [-0.39, 0.29) is 16.8 Å². The minimum absolute atomic E-state index is 0.0294. The van der Waals surface area contributed by atoms with Gasteiger partial charge in [-0.15, -0.1) is 0 Å². The zero-order valence-electron chi connectivity index (χ0n) is 12.7. The van der Waals surface area contributed by atoms with Crippen molar-refractivity contribution in [3.8, 4) is 0 Å². The molecule has 0 saturated heterocycles.